The lowest BCUT2D eigenvalue weighted by Crippen LogP contribution is -2.36. The third-order valence-corrected chi connectivity index (χ3v) is 2.41. The van der Waals surface area contributed by atoms with Crippen LogP contribution in [-0.2, 0) is 6.54 Å². The molecule has 1 atom stereocenters. The first-order valence-electron chi connectivity index (χ1n) is 5.12. The van der Waals surface area contributed by atoms with E-state index in [2.05, 4.69) is 31.3 Å². The maximum atomic E-state index is 9.11. The lowest BCUT2D eigenvalue weighted by atomic mass is 10.1. The summed E-state index contributed by atoms with van der Waals surface area (Å²) in [5.74, 6) is 0.462. The number of aliphatic hydroxyl groups excluding tert-OH is 1. The van der Waals surface area contributed by atoms with Gasteiger partial charge in [0.15, 0.2) is 0 Å². The Balaban J connectivity index is 0.00000196. The minimum Gasteiger partial charge on any atom is -0.395 e. The maximum absolute atomic E-state index is 9.11. The molecule has 0 aliphatic rings. The molecule has 0 heterocycles. The van der Waals surface area contributed by atoms with Gasteiger partial charge in [-0.15, -0.1) is 12.4 Å². The number of aliphatic hydroxyl groups is 1. The molecule has 1 rings (SSSR count). The average molecular weight is 230 g/mol. The van der Waals surface area contributed by atoms with Gasteiger partial charge in [0.25, 0.3) is 0 Å². The first kappa shape index (κ1) is 14.4. The van der Waals surface area contributed by atoms with E-state index in [1.807, 2.05) is 18.2 Å². The second-order valence-electron chi connectivity index (χ2n) is 3.90. The van der Waals surface area contributed by atoms with Gasteiger partial charge < -0.3 is 10.4 Å². The molecule has 2 N–H and O–H groups in total. The second kappa shape index (κ2) is 7.69. The Kier molecular flexibility index (Phi) is 7.39. The molecule has 0 amide bonds. The van der Waals surface area contributed by atoms with Gasteiger partial charge in [-0.1, -0.05) is 44.2 Å². The second-order valence-corrected chi connectivity index (χ2v) is 3.90. The van der Waals surface area contributed by atoms with E-state index in [0.29, 0.717) is 5.92 Å². The number of nitrogens with one attached hydrogen (secondary N) is 1. The predicted molar refractivity (Wildman–Crippen MR) is 66.2 cm³/mol. The van der Waals surface area contributed by atoms with Gasteiger partial charge in [0, 0.05) is 12.6 Å². The first-order valence-corrected chi connectivity index (χ1v) is 5.12. The third-order valence-electron chi connectivity index (χ3n) is 2.41. The average Bonchev–Trinajstić information content (AvgIpc) is 2.20. The molecule has 0 saturated carbocycles. The smallest absolute Gasteiger partial charge is 0.0587 e. The van der Waals surface area contributed by atoms with E-state index in [1.54, 1.807) is 0 Å². The molecular weight excluding hydrogens is 210 g/mol. The largest absolute Gasteiger partial charge is 0.395 e. The van der Waals surface area contributed by atoms with Crippen LogP contribution in [0.3, 0.4) is 0 Å². The van der Waals surface area contributed by atoms with Crippen LogP contribution in [0.1, 0.15) is 19.4 Å². The molecule has 0 bridgehead atoms. The number of benzene rings is 1. The van der Waals surface area contributed by atoms with Gasteiger partial charge in [0.1, 0.15) is 0 Å². The lowest BCUT2D eigenvalue weighted by Gasteiger charge is -2.19. The Bertz CT molecular complexity index is 251. The van der Waals surface area contributed by atoms with Crippen molar-refractivity contribution in [1.82, 2.24) is 5.32 Å². The predicted octanol–water partition coefficient (Wildman–Crippen LogP) is 2.21. The Hall–Kier alpha value is -0.570. The summed E-state index contributed by atoms with van der Waals surface area (Å²) in [4.78, 5) is 0. The molecule has 1 unspecified atom stereocenters. The van der Waals surface area contributed by atoms with E-state index in [0.717, 1.165) is 6.54 Å². The molecule has 0 spiro atoms. The molecule has 3 heteroatoms. The fourth-order valence-electron chi connectivity index (χ4n) is 1.36. The monoisotopic (exact) mass is 229 g/mol. The van der Waals surface area contributed by atoms with Crippen molar-refractivity contribution in [1.29, 1.82) is 0 Å². The van der Waals surface area contributed by atoms with Crippen molar-refractivity contribution >= 4 is 12.4 Å². The van der Waals surface area contributed by atoms with E-state index < -0.39 is 0 Å². The molecule has 1 aromatic rings. The van der Waals surface area contributed by atoms with Crippen LogP contribution in [-0.4, -0.2) is 17.8 Å². The summed E-state index contributed by atoms with van der Waals surface area (Å²) in [5, 5.41) is 12.4. The van der Waals surface area contributed by atoms with Crippen LogP contribution in [0.25, 0.3) is 0 Å². The van der Waals surface area contributed by atoms with Crippen molar-refractivity contribution in [2.24, 2.45) is 5.92 Å². The highest BCUT2D eigenvalue weighted by atomic mass is 35.5. The zero-order valence-electron chi connectivity index (χ0n) is 9.31. The third kappa shape index (κ3) is 5.17. The minimum atomic E-state index is 0. The topological polar surface area (TPSA) is 32.3 Å². The summed E-state index contributed by atoms with van der Waals surface area (Å²) in [7, 11) is 0. The zero-order chi connectivity index (χ0) is 10.4. The molecule has 0 fully saturated rings. The molecule has 0 saturated heterocycles. The summed E-state index contributed by atoms with van der Waals surface area (Å²) < 4.78 is 0. The molecule has 0 aliphatic carbocycles. The van der Waals surface area contributed by atoms with Crippen molar-refractivity contribution in [3.05, 3.63) is 35.9 Å². The number of hydrogen-bond donors (Lipinski definition) is 2. The van der Waals surface area contributed by atoms with Crippen LogP contribution in [0.2, 0.25) is 0 Å². The van der Waals surface area contributed by atoms with Crippen LogP contribution in [0.15, 0.2) is 30.3 Å². The van der Waals surface area contributed by atoms with E-state index in [4.69, 9.17) is 5.11 Å². The SMILES string of the molecule is CC(C)C(CO)NCc1ccccc1.Cl. The Morgan fingerprint density at radius 2 is 1.80 bits per heavy atom. The van der Waals surface area contributed by atoms with Gasteiger partial charge in [0.2, 0.25) is 0 Å². The molecule has 86 valence electrons. The van der Waals surface area contributed by atoms with Gasteiger partial charge in [-0.25, -0.2) is 0 Å². The van der Waals surface area contributed by atoms with E-state index in [9.17, 15) is 0 Å². The Labute approximate surface area is 98.1 Å². The fraction of sp³-hybridized carbons (Fsp3) is 0.500. The van der Waals surface area contributed by atoms with Crippen LogP contribution in [0.5, 0.6) is 0 Å². The molecule has 2 nitrogen and oxygen atoms in total. The highest BCUT2D eigenvalue weighted by molar-refractivity contribution is 5.85. The minimum absolute atomic E-state index is 0. The molecule has 1 aromatic carbocycles. The van der Waals surface area contributed by atoms with Gasteiger partial charge in [-0.3, -0.25) is 0 Å². The Morgan fingerprint density at radius 1 is 1.20 bits per heavy atom. The van der Waals surface area contributed by atoms with Crippen molar-refractivity contribution in [3.8, 4) is 0 Å². The number of halogens is 1. The highest BCUT2D eigenvalue weighted by Gasteiger charge is 2.10. The van der Waals surface area contributed by atoms with E-state index >= 15 is 0 Å². The zero-order valence-corrected chi connectivity index (χ0v) is 10.1. The Morgan fingerprint density at radius 3 is 2.27 bits per heavy atom. The van der Waals surface area contributed by atoms with Crippen molar-refractivity contribution in [2.45, 2.75) is 26.4 Å². The number of rotatable bonds is 5. The fourth-order valence-corrected chi connectivity index (χ4v) is 1.36. The van der Waals surface area contributed by atoms with Gasteiger partial charge in [-0.05, 0) is 11.5 Å². The van der Waals surface area contributed by atoms with Crippen LogP contribution in [0, 0.1) is 5.92 Å². The van der Waals surface area contributed by atoms with Crippen molar-refractivity contribution in [2.75, 3.05) is 6.61 Å². The van der Waals surface area contributed by atoms with Gasteiger partial charge in [0.05, 0.1) is 6.61 Å². The standard InChI is InChI=1S/C12H19NO.ClH/c1-10(2)12(9-14)13-8-11-6-4-3-5-7-11;/h3-7,10,12-14H,8-9H2,1-2H3;1H. The van der Waals surface area contributed by atoms with Crippen LogP contribution >= 0.6 is 12.4 Å². The summed E-state index contributed by atoms with van der Waals surface area (Å²) in [6, 6.07) is 10.4. The summed E-state index contributed by atoms with van der Waals surface area (Å²) >= 11 is 0. The highest BCUT2D eigenvalue weighted by Crippen LogP contribution is 2.03. The molecule has 0 aromatic heterocycles. The first-order chi connectivity index (χ1) is 6.74. The lowest BCUT2D eigenvalue weighted by molar-refractivity contribution is 0.210. The van der Waals surface area contributed by atoms with Crippen molar-refractivity contribution in [3.63, 3.8) is 0 Å². The molecular formula is C12H20ClNO. The summed E-state index contributed by atoms with van der Waals surface area (Å²) in [6.45, 7) is 5.24. The van der Waals surface area contributed by atoms with E-state index in [1.165, 1.54) is 5.56 Å². The summed E-state index contributed by atoms with van der Waals surface area (Å²) in [6.07, 6.45) is 0. The quantitative estimate of drug-likeness (QED) is 0.812. The molecule has 15 heavy (non-hydrogen) atoms. The van der Waals surface area contributed by atoms with Crippen molar-refractivity contribution < 1.29 is 5.11 Å². The van der Waals surface area contributed by atoms with Gasteiger partial charge >= 0.3 is 0 Å². The van der Waals surface area contributed by atoms with E-state index in [-0.39, 0.29) is 25.1 Å². The maximum Gasteiger partial charge on any atom is 0.0587 e. The molecule has 0 aliphatic heterocycles. The van der Waals surface area contributed by atoms with Gasteiger partial charge in [-0.2, -0.15) is 0 Å². The van der Waals surface area contributed by atoms with Crippen LogP contribution in [0.4, 0.5) is 0 Å². The van der Waals surface area contributed by atoms with Crippen LogP contribution < -0.4 is 5.32 Å². The normalized spacial score (nSPS) is 12.3. The number of hydrogen-bond acceptors (Lipinski definition) is 2. The molecule has 0 radical (unpaired) electrons. The summed E-state index contributed by atoms with van der Waals surface area (Å²) in [5.41, 5.74) is 1.26.